The number of fused-ring (bicyclic) bond motifs is 5. The van der Waals surface area contributed by atoms with Gasteiger partial charge in [-0.3, -0.25) is 4.31 Å². The molecule has 2 bridgehead atoms. The van der Waals surface area contributed by atoms with Gasteiger partial charge in [0.05, 0.1) is 22.4 Å². The van der Waals surface area contributed by atoms with Crippen LogP contribution in [0.15, 0.2) is 18.2 Å². The second-order valence-electron chi connectivity index (χ2n) is 6.64. The highest BCUT2D eigenvalue weighted by molar-refractivity contribution is 7.87. The van der Waals surface area contributed by atoms with Crippen molar-refractivity contribution in [2.75, 3.05) is 10.8 Å². The van der Waals surface area contributed by atoms with Gasteiger partial charge in [0, 0.05) is 12.2 Å². The predicted molar refractivity (Wildman–Crippen MR) is 79.8 cm³/mol. The molecule has 0 aromatic heterocycles. The van der Waals surface area contributed by atoms with Crippen molar-refractivity contribution < 1.29 is 17.4 Å². The number of hydrogen-bond donors (Lipinski definition) is 0. The number of hydrogen-bond acceptors (Lipinski definition) is 2. The topological polar surface area (TPSA) is 44.1 Å². The van der Waals surface area contributed by atoms with Crippen LogP contribution in [0.5, 0.6) is 0 Å². The van der Waals surface area contributed by atoms with Crippen LogP contribution < -0.4 is 4.31 Å². The van der Waals surface area contributed by atoms with Crippen LogP contribution in [-0.2, 0) is 17.2 Å². The number of halogens is 3. The fourth-order valence-electron chi connectivity index (χ4n) is 4.57. The first kappa shape index (κ1) is 15.0. The second-order valence-corrected chi connectivity index (χ2v) is 8.18. The minimum atomic E-state index is -4.59. The van der Waals surface area contributed by atoms with Gasteiger partial charge in [0.25, 0.3) is 0 Å². The third-order valence-electron chi connectivity index (χ3n) is 5.55. The van der Waals surface area contributed by atoms with E-state index in [1.54, 1.807) is 10.4 Å². The quantitative estimate of drug-likeness (QED) is 0.786. The molecule has 1 aliphatic heterocycles. The second kappa shape index (κ2) is 4.97. The molecule has 0 N–H and O–H groups in total. The maximum Gasteiger partial charge on any atom is 0.417 e. The average molecular weight is 340 g/mol. The number of rotatable bonds is 1. The van der Waals surface area contributed by atoms with Crippen molar-refractivity contribution in [2.24, 2.45) is 17.8 Å². The summed E-state index contributed by atoms with van der Waals surface area (Å²) in [5.41, 5.74) is -1.04. The normalized spacial score (nSPS) is 35.4. The Hall–Kier alpha value is -1.55. The summed E-state index contributed by atoms with van der Waals surface area (Å²) >= 11 is 0. The Morgan fingerprint density at radius 1 is 1.26 bits per heavy atom. The predicted octanol–water partition coefficient (Wildman–Crippen LogP) is 3.48. The Morgan fingerprint density at radius 2 is 2.00 bits per heavy atom. The van der Waals surface area contributed by atoms with E-state index in [2.05, 4.69) is 0 Å². The molecular weight excluding hydrogens is 325 g/mol. The molecule has 1 aromatic carbocycles. The largest absolute Gasteiger partial charge is 0.417 e. The maximum absolute atomic E-state index is 13.1. The van der Waals surface area contributed by atoms with Gasteiger partial charge in [0.2, 0.25) is 0 Å². The first-order chi connectivity index (χ1) is 10.9. The van der Waals surface area contributed by atoms with Crippen LogP contribution in [0.3, 0.4) is 0 Å². The highest BCUT2D eigenvalue weighted by atomic mass is 32.2. The number of nitriles is 1. The van der Waals surface area contributed by atoms with Gasteiger partial charge in [-0.1, -0.05) is 0 Å². The smallest absolute Gasteiger partial charge is 0.291 e. The van der Waals surface area contributed by atoms with Crippen molar-refractivity contribution >= 4 is 16.7 Å². The van der Waals surface area contributed by atoms with E-state index >= 15 is 0 Å². The van der Waals surface area contributed by atoms with Gasteiger partial charge < -0.3 is 0 Å². The lowest BCUT2D eigenvalue weighted by Crippen LogP contribution is -2.27. The van der Waals surface area contributed by atoms with Crippen molar-refractivity contribution in [1.29, 1.82) is 5.26 Å². The monoisotopic (exact) mass is 340 g/mol. The summed E-state index contributed by atoms with van der Waals surface area (Å²) < 4.78 is 53.7. The number of anilines is 1. The van der Waals surface area contributed by atoms with E-state index in [-0.39, 0.29) is 5.25 Å². The molecule has 122 valence electrons. The van der Waals surface area contributed by atoms with Crippen LogP contribution in [0, 0.1) is 29.1 Å². The molecule has 1 heterocycles. The van der Waals surface area contributed by atoms with Gasteiger partial charge in [0.1, 0.15) is 11.0 Å². The summed E-state index contributed by atoms with van der Waals surface area (Å²) in [6, 6.07) is 5.21. The minimum absolute atomic E-state index is 0.0960. The van der Waals surface area contributed by atoms with E-state index in [1.807, 2.05) is 0 Å². The molecule has 2 saturated carbocycles. The standard InChI is InChI=1S/C16H15F3N2OS/c17-16(18,19)14-6-12(4-3-11(14)7-20)21-8-13-9-1-2-10(5-9)15(13)23(21)22/h3-4,6,9-10,13,15H,1-2,5,8H2/t9-,10+,13-,15+,23?/m0/s1. The average Bonchev–Trinajstić information content (AvgIpc) is 3.19. The van der Waals surface area contributed by atoms with Crippen molar-refractivity contribution in [2.45, 2.75) is 30.7 Å². The van der Waals surface area contributed by atoms with E-state index in [0.29, 0.717) is 30.0 Å². The molecule has 23 heavy (non-hydrogen) atoms. The first-order valence-electron chi connectivity index (χ1n) is 7.69. The van der Waals surface area contributed by atoms with Crippen molar-refractivity contribution in [1.82, 2.24) is 0 Å². The maximum atomic E-state index is 13.1. The van der Waals surface area contributed by atoms with Crippen LogP contribution in [0.2, 0.25) is 0 Å². The van der Waals surface area contributed by atoms with Crippen molar-refractivity contribution in [3.63, 3.8) is 0 Å². The van der Waals surface area contributed by atoms with Gasteiger partial charge in [-0.15, -0.1) is 0 Å². The lowest BCUT2D eigenvalue weighted by atomic mass is 9.88. The molecule has 5 atom stereocenters. The Balaban J connectivity index is 1.70. The summed E-state index contributed by atoms with van der Waals surface area (Å²) in [5, 5.41) is 8.97. The number of nitrogens with zero attached hydrogens (tertiary/aromatic N) is 2. The van der Waals surface area contributed by atoms with E-state index in [4.69, 9.17) is 5.26 Å². The molecule has 7 heteroatoms. The third kappa shape index (κ3) is 2.18. The molecule has 1 saturated heterocycles. The van der Waals surface area contributed by atoms with Gasteiger partial charge in [-0.25, -0.2) is 4.21 Å². The van der Waals surface area contributed by atoms with Crippen LogP contribution in [0.25, 0.3) is 0 Å². The molecule has 3 fully saturated rings. The molecule has 2 aliphatic carbocycles. The Morgan fingerprint density at radius 3 is 2.65 bits per heavy atom. The van der Waals surface area contributed by atoms with Crippen molar-refractivity contribution in [3.8, 4) is 6.07 Å². The molecule has 0 amide bonds. The first-order valence-corrected chi connectivity index (χ1v) is 8.86. The zero-order chi connectivity index (χ0) is 16.4. The summed E-state index contributed by atoms with van der Waals surface area (Å²) in [4.78, 5) is 0. The van der Waals surface area contributed by atoms with Gasteiger partial charge in [-0.2, -0.15) is 18.4 Å². The Bertz CT molecular complexity index is 727. The Kier molecular flexibility index (Phi) is 3.24. The molecule has 1 unspecified atom stereocenters. The van der Waals surface area contributed by atoms with Gasteiger partial charge in [-0.05, 0) is 55.2 Å². The van der Waals surface area contributed by atoms with Crippen LogP contribution in [-0.4, -0.2) is 16.0 Å². The highest BCUT2D eigenvalue weighted by Crippen LogP contribution is 2.54. The van der Waals surface area contributed by atoms with Crippen LogP contribution in [0.1, 0.15) is 30.4 Å². The van der Waals surface area contributed by atoms with E-state index in [1.165, 1.54) is 12.1 Å². The van der Waals surface area contributed by atoms with Gasteiger partial charge in [0.15, 0.2) is 0 Å². The van der Waals surface area contributed by atoms with Crippen LogP contribution in [0.4, 0.5) is 18.9 Å². The zero-order valence-corrected chi connectivity index (χ0v) is 13.0. The number of benzene rings is 1. The molecule has 3 nitrogen and oxygen atoms in total. The number of alkyl halides is 3. The highest BCUT2D eigenvalue weighted by Gasteiger charge is 2.56. The molecule has 3 aliphatic rings. The fourth-order valence-corrected chi connectivity index (χ4v) is 6.68. The zero-order valence-electron chi connectivity index (χ0n) is 12.2. The fraction of sp³-hybridized carbons (Fsp3) is 0.562. The lowest BCUT2D eigenvalue weighted by molar-refractivity contribution is -0.137. The summed E-state index contributed by atoms with van der Waals surface area (Å²) in [6.45, 7) is 0.557. The van der Waals surface area contributed by atoms with Gasteiger partial charge >= 0.3 is 6.18 Å². The van der Waals surface area contributed by atoms with E-state index in [0.717, 1.165) is 25.3 Å². The molecular formula is C16H15F3N2OS. The van der Waals surface area contributed by atoms with Crippen molar-refractivity contribution in [3.05, 3.63) is 29.3 Å². The van der Waals surface area contributed by atoms with Crippen LogP contribution >= 0.6 is 0 Å². The molecule has 4 rings (SSSR count). The lowest BCUT2D eigenvalue weighted by Gasteiger charge is -2.21. The molecule has 0 radical (unpaired) electrons. The summed E-state index contributed by atoms with van der Waals surface area (Å²) in [6.07, 6.45) is -1.22. The molecule has 0 spiro atoms. The third-order valence-corrected chi connectivity index (χ3v) is 7.54. The SMILES string of the molecule is N#Cc1ccc(N2C[C@H]3[C@H]4CC[C@H](C4)[C@H]3S2=O)cc1C(F)(F)F. The summed E-state index contributed by atoms with van der Waals surface area (Å²) in [7, 11) is -1.28. The molecule has 1 aromatic rings. The Labute approximate surface area is 134 Å². The summed E-state index contributed by atoms with van der Waals surface area (Å²) in [5.74, 6) is 1.36. The van der Waals surface area contributed by atoms with E-state index < -0.39 is 28.3 Å². The van der Waals surface area contributed by atoms with E-state index in [9.17, 15) is 17.4 Å². The minimum Gasteiger partial charge on any atom is -0.291 e.